The molecule has 0 fully saturated rings. The highest BCUT2D eigenvalue weighted by Crippen LogP contribution is 2.27. The van der Waals surface area contributed by atoms with Crippen LogP contribution in [0.5, 0.6) is 0 Å². The van der Waals surface area contributed by atoms with Gasteiger partial charge in [-0.15, -0.1) is 0 Å². The summed E-state index contributed by atoms with van der Waals surface area (Å²) in [6.45, 7) is 12.0. The van der Waals surface area contributed by atoms with E-state index in [4.69, 9.17) is 5.73 Å². The van der Waals surface area contributed by atoms with Gasteiger partial charge in [0.2, 0.25) is 0 Å². The van der Waals surface area contributed by atoms with Crippen molar-refractivity contribution >= 4 is 5.57 Å². The standard InChI is InChI=1S/C18H19N.C2H6/c1-13(2)18(19)17(15-7-5-4-6-8-15)16-11-9-14(3)10-12-16;1-2/h4-12H,1,19H2,2-3H3;1-2H3/b18-17-;. The highest BCUT2D eigenvalue weighted by molar-refractivity contribution is 5.83. The van der Waals surface area contributed by atoms with E-state index in [2.05, 4.69) is 49.9 Å². The van der Waals surface area contributed by atoms with Crippen molar-refractivity contribution in [3.05, 3.63) is 89.1 Å². The fraction of sp³-hybridized carbons (Fsp3) is 0.200. The van der Waals surface area contributed by atoms with Crippen molar-refractivity contribution < 1.29 is 0 Å². The first-order chi connectivity index (χ1) is 10.1. The fourth-order valence-corrected chi connectivity index (χ4v) is 2.02. The maximum Gasteiger partial charge on any atom is 0.0423 e. The molecule has 0 radical (unpaired) electrons. The summed E-state index contributed by atoms with van der Waals surface area (Å²) in [4.78, 5) is 0. The predicted molar refractivity (Wildman–Crippen MR) is 94.0 cm³/mol. The third-order valence-electron chi connectivity index (χ3n) is 3.13. The van der Waals surface area contributed by atoms with E-state index in [1.165, 1.54) is 5.56 Å². The predicted octanol–water partition coefficient (Wildman–Crippen LogP) is 5.32. The largest absolute Gasteiger partial charge is 0.398 e. The Hall–Kier alpha value is -2.28. The van der Waals surface area contributed by atoms with Gasteiger partial charge in [0, 0.05) is 11.3 Å². The monoisotopic (exact) mass is 279 g/mol. The topological polar surface area (TPSA) is 26.0 Å². The van der Waals surface area contributed by atoms with Gasteiger partial charge in [-0.25, -0.2) is 0 Å². The molecule has 0 spiro atoms. The van der Waals surface area contributed by atoms with Gasteiger partial charge in [-0.05, 0) is 30.5 Å². The summed E-state index contributed by atoms with van der Waals surface area (Å²) < 4.78 is 0. The van der Waals surface area contributed by atoms with E-state index in [-0.39, 0.29) is 0 Å². The fourth-order valence-electron chi connectivity index (χ4n) is 2.02. The van der Waals surface area contributed by atoms with Gasteiger partial charge in [0.05, 0.1) is 0 Å². The van der Waals surface area contributed by atoms with E-state index in [0.29, 0.717) is 0 Å². The molecule has 2 aromatic carbocycles. The van der Waals surface area contributed by atoms with E-state index >= 15 is 0 Å². The van der Waals surface area contributed by atoms with E-state index in [0.717, 1.165) is 28.0 Å². The molecule has 1 nitrogen and oxygen atoms in total. The zero-order chi connectivity index (χ0) is 15.8. The van der Waals surface area contributed by atoms with Crippen LogP contribution in [-0.2, 0) is 0 Å². The summed E-state index contributed by atoms with van der Waals surface area (Å²) in [5, 5.41) is 0. The number of allylic oxidation sites excluding steroid dienone is 1. The molecule has 1 heteroatoms. The minimum atomic E-state index is 0.745. The highest BCUT2D eigenvalue weighted by atomic mass is 14.6. The molecule has 0 heterocycles. The van der Waals surface area contributed by atoms with Crippen molar-refractivity contribution in [1.82, 2.24) is 0 Å². The van der Waals surface area contributed by atoms with Crippen LogP contribution in [0.15, 0.2) is 72.4 Å². The van der Waals surface area contributed by atoms with Crippen LogP contribution in [0, 0.1) is 6.92 Å². The van der Waals surface area contributed by atoms with Crippen LogP contribution in [-0.4, -0.2) is 0 Å². The summed E-state index contributed by atoms with van der Waals surface area (Å²) in [6, 6.07) is 18.6. The molecule has 110 valence electrons. The molecule has 0 aliphatic rings. The smallest absolute Gasteiger partial charge is 0.0423 e. The first-order valence-corrected chi connectivity index (χ1v) is 7.37. The molecule has 0 aromatic heterocycles. The molecule has 21 heavy (non-hydrogen) atoms. The number of hydrogen-bond acceptors (Lipinski definition) is 1. The van der Waals surface area contributed by atoms with Crippen molar-refractivity contribution in [3.63, 3.8) is 0 Å². The van der Waals surface area contributed by atoms with Crippen molar-refractivity contribution in [2.75, 3.05) is 0 Å². The molecule has 0 bridgehead atoms. The average molecular weight is 279 g/mol. The molecule has 0 aliphatic heterocycles. The third kappa shape index (κ3) is 4.35. The first-order valence-electron chi connectivity index (χ1n) is 7.37. The Kier molecular flexibility index (Phi) is 6.48. The minimum absolute atomic E-state index is 0.745. The maximum atomic E-state index is 6.24. The Morgan fingerprint density at radius 2 is 1.33 bits per heavy atom. The minimum Gasteiger partial charge on any atom is -0.398 e. The Bertz CT molecular complexity index is 604. The Labute approximate surface area is 128 Å². The number of benzene rings is 2. The first kappa shape index (κ1) is 16.8. The number of hydrogen-bond donors (Lipinski definition) is 1. The van der Waals surface area contributed by atoms with E-state index in [1.54, 1.807) is 0 Å². The second kappa shape index (κ2) is 8.11. The van der Waals surface area contributed by atoms with Gasteiger partial charge in [-0.3, -0.25) is 0 Å². The van der Waals surface area contributed by atoms with Crippen LogP contribution in [0.4, 0.5) is 0 Å². The molecule has 0 atom stereocenters. The Morgan fingerprint density at radius 1 is 0.857 bits per heavy atom. The molecule has 0 saturated carbocycles. The van der Waals surface area contributed by atoms with Gasteiger partial charge in [0.25, 0.3) is 0 Å². The zero-order valence-corrected chi connectivity index (χ0v) is 13.5. The zero-order valence-electron chi connectivity index (χ0n) is 13.5. The van der Waals surface area contributed by atoms with E-state index in [1.807, 2.05) is 39.0 Å². The second-order valence-electron chi connectivity index (χ2n) is 4.80. The lowest BCUT2D eigenvalue weighted by molar-refractivity contribution is 1.29. The molecule has 2 rings (SSSR count). The number of nitrogens with two attached hydrogens (primary N) is 1. The lowest BCUT2D eigenvalue weighted by atomic mass is 9.93. The maximum absolute atomic E-state index is 6.24. The number of aryl methyl sites for hydroxylation is 1. The summed E-state index contributed by atoms with van der Waals surface area (Å²) in [7, 11) is 0. The Balaban J connectivity index is 0.00000106. The van der Waals surface area contributed by atoms with Gasteiger partial charge in [-0.1, -0.05) is 80.6 Å². The average Bonchev–Trinajstić information content (AvgIpc) is 2.52. The van der Waals surface area contributed by atoms with Gasteiger partial charge >= 0.3 is 0 Å². The molecular weight excluding hydrogens is 254 g/mol. The van der Waals surface area contributed by atoms with Gasteiger partial charge in [0.15, 0.2) is 0 Å². The summed E-state index contributed by atoms with van der Waals surface area (Å²) in [5.74, 6) is 0. The highest BCUT2D eigenvalue weighted by Gasteiger charge is 2.09. The molecular formula is C20H25N. The molecule has 0 amide bonds. The quantitative estimate of drug-likeness (QED) is 0.756. The van der Waals surface area contributed by atoms with Crippen LogP contribution in [0.3, 0.4) is 0 Å². The lowest BCUT2D eigenvalue weighted by Gasteiger charge is -2.13. The van der Waals surface area contributed by atoms with Crippen molar-refractivity contribution in [2.24, 2.45) is 5.73 Å². The normalized spacial score (nSPS) is 11.0. The van der Waals surface area contributed by atoms with Crippen molar-refractivity contribution in [2.45, 2.75) is 27.7 Å². The van der Waals surface area contributed by atoms with E-state index < -0.39 is 0 Å². The van der Waals surface area contributed by atoms with Gasteiger partial charge < -0.3 is 5.73 Å². The SMILES string of the molecule is C=C(C)/C(N)=C(\c1ccccc1)c1ccc(C)cc1.CC. The molecule has 0 unspecified atom stereocenters. The molecule has 0 aliphatic carbocycles. The van der Waals surface area contributed by atoms with Crippen LogP contribution in [0.2, 0.25) is 0 Å². The third-order valence-corrected chi connectivity index (χ3v) is 3.13. The van der Waals surface area contributed by atoms with Crippen LogP contribution >= 0.6 is 0 Å². The number of rotatable bonds is 3. The molecule has 2 N–H and O–H groups in total. The van der Waals surface area contributed by atoms with Gasteiger partial charge in [0.1, 0.15) is 0 Å². The Morgan fingerprint density at radius 3 is 1.81 bits per heavy atom. The van der Waals surface area contributed by atoms with E-state index in [9.17, 15) is 0 Å². The molecule has 2 aromatic rings. The summed E-state index contributed by atoms with van der Waals surface area (Å²) in [5.41, 5.74) is 12.4. The second-order valence-corrected chi connectivity index (χ2v) is 4.80. The summed E-state index contributed by atoms with van der Waals surface area (Å²) >= 11 is 0. The molecule has 0 saturated heterocycles. The van der Waals surface area contributed by atoms with Crippen LogP contribution in [0.25, 0.3) is 5.57 Å². The summed E-state index contributed by atoms with van der Waals surface area (Å²) in [6.07, 6.45) is 0. The van der Waals surface area contributed by atoms with Crippen LogP contribution < -0.4 is 5.73 Å². The van der Waals surface area contributed by atoms with Crippen LogP contribution in [0.1, 0.15) is 37.5 Å². The lowest BCUT2D eigenvalue weighted by Crippen LogP contribution is -2.04. The van der Waals surface area contributed by atoms with Gasteiger partial charge in [-0.2, -0.15) is 0 Å². The van der Waals surface area contributed by atoms with Crippen molar-refractivity contribution in [3.8, 4) is 0 Å². The van der Waals surface area contributed by atoms with Crippen molar-refractivity contribution in [1.29, 1.82) is 0 Å².